The van der Waals surface area contributed by atoms with Crippen LogP contribution >= 0.6 is 22.6 Å². The van der Waals surface area contributed by atoms with Crippen molar-refractivity contribution in [1.82, 2.24) is 24.5 Å². The number of fused-ring (bicyclic) bond motifs is 1. The smallest absolute Gasteiger partial charge is 0.410 e. The van der Waals surface area contributed by atoms with Gasteiger partial charge in [-0.1, -0.05) is 0 Å². The first-order valence-corrected chi connectivity index (χ1v) is 16.3. The molecule has 9 nitrogen and oxygen atoms in total. The molecule has 4 saturated heterocycles. The van der Waals surface area contributed by atoms with Gasteiger partial charge in [0, 0.05) is 51.2 Å². The van der Waals surface area contributed by atoms with Gasteiger partial charge in [-0.25, -0.2) is 4.79 Å². The summed E-state index contributed by atoms with van der Waals surface area (Å²) in [5.41, 5.74) is 0.728. The largest absolute Gasteiger partial charge is 0.444 e. The third-order valence-corrected chi connectivity index (χ3v) is 10.8. The number of anilines is 1. The van der Waals surface area contributed by atoms with Gasteiger partial charge >= 0.3 is 6.09 Å². The minimum absolute atomic E-state index is 0.0137. The molecule has 3 atom stereocenters. The predicted octanol–water partition coefficient (Wildman–Crippen LogP) is 4.92. The number of hydrogen-bond acceptors (Lipinski definition) is 6. The Kier molecular flexibility index (Phi) is 8.42. The maximum atomic E-state index is 12.9. The highest BCUT2D eigenvalue weighted by Gasteiger charge is 2.46. The molecule has 0 aromatic carbocycles. The van der Waals surface area contributed by atoms with E-state index in [2.05, 4.69) is 57.8 Å². The molecule has 0 saturated carbocycles. The molecule has 5 rings (SSSR count). The lowest BCUT2D eigenvalue weighted by atomic mass is 9.81. The summed E-state index contributed by atoms with van der Waals surface area (Å²) in [5.74, 6) is 2.52. The van der Waals surface area contributed by atoms with Gasteiger partial charge in [-0.2, -0.15) is 5.10 Å². The third-order valence-electron chi connectivity index (χ3n) is 9.55. The van der Waals surface area contributed by atoms with E-state index in [0.717, 1.165) is 57.7 Å². The molecule has 224 valence electrons. The van der Waals surface area contributed by atoms with Crippen LogP contribution in [0.15, 0.2) is 0 Å². The number of likely N-dealkylation sites (N-methyl/N-ethyl adjacent to an activating group) is 1. The van der Waals surface area contributed by atoms with E-state index >= 15 is 0 Å². The van der Waals surface area contributed by atoms with Crippen molar-refractivity contribution in [1.29, 1.82) is 0 Å². The van der Waals surface area contributed by atoms with Gasteiger partial charge in [0.25, 0.3) is 0 Å². The van der Waals surface area contributed by atoms with E-state index in [9.17, 15) is 9.59 Å². The molecule has 5 heterocycles. The zero-order chi connectivity index (χ0) is 29.0. The molecule has 10 heteroatoms. The molecule has 1 aromatic heterocycles. The summed E-state index contributed by atoms with van der Waals surface area (Å²) in [7, 11) is 1.97. The standard InChI is InChI=1S/C30H49IN6O3/c1-20-24(31)26(32-37(20)23-11-14-34(15-12-23)28(39)40-29(2,3)4)36-16-10-21(17-30(36,5)6)18-35-13-8-9-22-19-33(7)27(38)25(22)35/h21-23,25H,8-19H2,1-7H3/t21-,22?,25?/m1/s1. The van der Waals surface area contributed by atoms with Gasteiger partial charge < -0.3 is 19.4 Å². The Morgan fingerprint density at radius 3 is 2.45 bits per heavy atom. The van der Waals surface area contributed by atoms with E-state index in [0.29, 0.717) is 30.8 Å². The second-order valence-electron chi connectivity index (χ2n) is 14.2. The average molecular weight is 669 g/mol. The van der Waals surface area contributed by atoms with E-state index in [-0.39, 0.29) is 23.7 Å². The van der Waals surface area contributed by atoms with Gasteiger partial charge in [0.2, 0.25) is 5.91 Å². The van der Waals surface area contributed by atoms with Crippen LogP contribution in [0.1, 0.15) is 84.9 Å². The number of piperidine rings is 3. The first kappa shape index (κ1) is 29.9. The lowest BCUT2D eigenvalue weighted by Gasteiger charge is -2.48. The number of aromatic nitrogens is 2. The number of hydrogen-bond donors (Lipinski definition) is 0. The number of nitrogens with zero attached hydrogens (tertiary/aromatic N) is 6. The molecular weight excluding hydrogens is 619 g/mol. The Labute approximate surface area is 254 Å². The Morgan fingerprint density at radius 1 is 1.10 bits per heavy atom. The summed E-state index contributed by atoms with van der Waals surface area (Å²) in [6.45, 7) is 18.0. The molecule has 0 bridgehead atoms. The number of carbonyl (C=O) groups is 2. The van der Waals surface area contributed by atoms with Crippen LogP contribution in [0.25, 0.3) is 0 Å². The first-order valence-electron chi connectivity index (χ1n) is 15.2. The van der Waals surface area contributed by atoms with Crippen LogP contribution in [0.3, 0.4) is 0 Å². The van der Waals surface area contributed by atoms with E-state index in [1.807, 2.05) is 37.6 Å². The zero-order valence-electron chi connectivity index (χ0n) is 25.6. The van der Waals surface area contributed by atoms with Crippen LogP contribution in [0.4, 0.5) is 10.6 Å². The van der Waals surface area contributed by atoms with Crippen molar-refractivity contribution in [2.45, 2.75) is 103 Å². The summed E-state index contributed by atoms with van der Waals surface area (Å²) in [6.07, 6.45) is 6.16. The third kappa shape index (κ3) is 5.99. The Balaban J connectivity index is 1.23. The number of ether oxygens (including phenoxy) is 1. The molecule has 0 N–H and O–H groups in total. The van der Waals surface area contributed by atoms with Gasteiger partial charge in [0.15, 0.2) is 5.82 Å². The van der Waals surface area contributed by atoms with Crippen molar-refractivity contribution >= 4 is 40.4 Å². The van der Waals surface area contributed by atoms with Crippen molar-refractivity contribution in [3.63, 3.8) is 0 Å². The Morgan fingerprint density at radius 2 is 1.80 bits per heavy atom. The second kappa shape index (κ2) is 11.3. The molecule has 1 aromatic rings. The number of halogens is 1. The lowest BCUT2D eigenvalue weighted by molar-refractivity contribution is -0.132. The monoisotopic (exact) mass is 668 g/mol. The molecule has 0 spiro atoms. The molecule has 2 amide bonds. The molecule has 4 aliphatic heterocycles. The summed E-state index contributed by atoms with van der Waals surface area (Å²) in [5, 5.41) is 5.22. The van der Waals surface area contributed by atoms with Gasteiger partial charge in [0.05, 0.1) is 21.3 Å². The molecular formula is C30H49IN6O3. The van der Waals surface area contributed by atoms with Gasteiger partial charge in [-0.3, -0.25) is 14.4 Å². The highest BCUT2D eigenvalue weighted by atomic mass is 127. The molecule has 40 heavy (non-hydrogen) atoms. The highest BCUT2D eigenvalue weighted by Crippen LogP contribution is 2.40. The lowest BCUT2D eigenvalue weighted by Crippen LogP contribution is -2.55. The van der Waals surface area contributed by atoms with Gasteiger partial charge in [0.1, 0.15) is 5.60 Å². The number of carbonyl (C=O) groups excluding carboxylic acids is 2. The van der Waals surface area contributed by atoms with Crippen LogP contribution in [0.2, 0.25) is 0 Å². The van der Waals surface area contributed by atoms with E-state index < -0.39 is 5.60 Å². The molecule has 4 aliphatic rings. The zero-order valence-corrected chi connectivity index (χ0v) is 27.7. The molecule has 0 aliphatic carbocycles. The average Bonchev–Trinajstić information content (AvgIpc) is 3.33. The SMILES string of the molecule is Cc1c(I)c(N2CC[C@@H](CN3CCCC4CN(C)C(=O)C43)CC2(C)C)nn1C1CCN(C(=O)OC(C)(C)C)CC1. The summed E-state index contributed by atoms with van der Waals surface area (Å²) < 4.78 is 9.05. The summed E-state index contributed by atoms with van der Waals surface area (Å²) in [6, 6.07) is 0.386. The predicted molar refractivity (Wildman–Crippen MR) is 166 cm³/mol. The van der Waals surface area contributed by atoms with Crippen LogP contribution in [-0.4, -0.2) is 100.0 Å². The normalized spacial score (nSPS) is 28.2. The van der Waals surface area contributed by atoms with Crippen LogP contribution < -0.4 is 4.90 Å². The summed E-state index contributed by atoms with van der Waals surface area (Å²) in [4.78, 5) is 34.3. The van der Waals surface area contributed by atoms with Crippen molar-refractivity contribution in [3.8, 4) is 0 Å². The van der Waals surface area contributed by atoms with E-state index in [4.69, 9.17) is 9.84 Å². The number of amides is 2. The fourth-order valence-corrected chi connectivity index (χ4v) is 8.26. The van der Waals surface area contributed by atoms with Crippen molar-refractivity contribution in [2.75, 3.05) is 51.2 Å². The van der Waals surface area contributed by atoms with E-state index in [1.54, 1.807) is 0 Å². The van der Waals surface area contributed by atoms with Gasteiger partial charge in [-0.15, -0.1) is 0 Å². The number of rotatable bonds is 4. The highest BCUT2D eigenvalue weighted by molar-refractivity contribution is 14.1. The fourth-order valence-electron chi connectivity index (χ4n) is 7.62. The topological polar surface area (TPSA) is 74.2 Å². The van der Waals surface area contributed by atoms with Crippen LogP contribution in [0.5, 0.6) is 0 Å². The minimum atomic E-state index is -0.474. The van der Waals surface area contributed by atoms with Crippen LogP contribution in [-0.2, 0) is 9.53 Å². The van der Waals surface area contributed by atoms with Gasteiger partial charge in [-0.05, 0) is 115 Å². The molecule has 2 unspecified atom stereocenters. The maximum Gasteiger partial charge on any atom is 0.410 e. The minimum Gasteiger partial charge on any atom is -0.444 e. The quantitative estimate of drug-likeness (QED) is 0.425. The van der Waals surface area contributed by atoms with Crippen molar-refractivity contribution in [3.05, 3.63) is 9.26 Å². The summed E-state index contributed by atoms with van der Waals surface area (Å²) >= 11 is 2.48. The molecule has 0 radical (unpaired) electrons. The first-order chi connectivity index (χ1) is 18.7. The van der Waals surface area contributed by atoms with Crippen LogP contribution in [0, 0.1) is 22.3 Å². The fraction of sp³-hybridized carbons (Fsp3) is 0.833. The Hall–Kier alpha value is -1.56. The number of likely N-dealkylation sites (tertiary alicyclic amines) is 3. The maximum absolute atomic E-state index is 12.9. The van der Waals surface area contributed by atoms with E-state index in [1.165, 1.54) is 22.1 Å². The second-order valence-corrected chi connectivity index (χ2v) is 15.3. The van der Waals surface area contributed by atoms with Crippen molar-refractivity contribution in [2.24, 2.45) is 11.8 Å². The molecule has 4 fully saturated rings. The van der Waals surface area contributed by atoms with Crippen molar-refractivity contribution < 1.29 is 14.3 Å². The Bertz CT molecular complexity index is 1110.